The fourth-order valence-electron chi connectivity index (χ4n) is 2.93. The molecule has 0 N–H and O–H groups in total. The number of rotatable bonds is 4. The summed E-state index contributed by atoms with van der Waals surface area (Å²) < 4.78 is 16.2. The molecule has 1 aromatic carbocycles. The minimum absolute atomic E-state index is 0.175. The standard InChI is InChI=1S/C17H22N2O3/c1-18-7-8-19(11-16(18)17-13-21-9-10-22-17)15-6-4-3-5-14(15)12-20-2/h3-6,9-10,13,16H,7-8,11-12H2,1-2H3. The van der Waals surface area contributed by atoms with Crippen molar-refractivity contribution in [3.8, 4) is 0 Å². The second-order valence-corrected chi connectivity index (χ2v) is 5.55. The Labute approximate surface area is 131 Å². The molecule has 0 saturated carbocycles. The average molecular weight is 302 g/mol. The lowest BCUT2D eigenvalue weighted by molar-refractivity contribution is 0.154. The maximum absolute atomic E-state index is 5.61. The van der Waals surface area contributed by atoms with Crippen molar-refractivity contribution in [3.05, 3.63) is 54.4 Å². The van der Waals surface area contributed by atoms with Gasteiger partial charge in [-0.15, -0.1) is 0 Å². The van der Waals surface area contributed by atoms with Crippen LogP contribution in [0.1, 0.15) is 5.56 Å². The Kier molecular flexibility index (Phi) is 4.65. The number of piperazine rings is 1. The zero-order valence-corrected chi connectivity index (χ0v) is 13.1. The number of hydrogen-bond acceptors (Lipinski definition) is 5. The zero-order valence-electron chi connectivity index (χ0n) is 13.1. The Morgan fingerprint density at radius 2 is 2.09 bits per heavy atom. The van der Waals surface area contributed by atoms with Crippen molar-refractivity contribution in [1.29, 1.82) is 0 Å². The summed E-state index contributed by atoms with van der Waals surface area (Å²) in [5.74, 6) is 0.846. The van der Waals surface area contributed by atoms with Gasteiger partial charge in [0.15, 0.2) is 5.76 Å². The Balaban J connectivity index is 1.79. The summed E-state index contributed by atoms with van der Waals surface area (Å²) in [5.41, 5.74) is 2.44. The quantitative estimate of drug-likeness (QED) is 0.852. The third kappa shape index (κ3) is 3.10. The number of ether oxygens (including phenoxy) is 3. The molecule has 0 bridgehead atoms. The summed E-state index contributed by atoms with van der Waals surface area (Å²) in [7, 11) is 3.85. The highest BCUT2D eigenvalue weighted by atomic mass is 16.5. The Hall–Kier alpha value is -1.98. The van der Waals surface area contributed by atoms with Gasteiger partial charge in [-0.25, -0.2) is 0 Å². The number of hydrogen-bond donors (Lipinski definition) is 0. The topological polar surface area (TPSA) is 34.2 Å². The average Bonchev–Trinajstić information content (AvgIpc) is 2.57. The normalized spacial score (nSPS) is 22.0. The van der Waals surface area contributed by atoms with Crippen LogP contribution in [0.15, 0.2) is 48.8 Å². The summed E-state index contributed by atoms with van der Waals surface area (Å²) in [4.78, 5) is 4.69. The fraction of sp³-hybridized carbons (Fsp3) is 0.412. The van der Waals surface area contributed by atoms with Gasteiger partial charge in [0.2, 0.25) is 0 Å². The van der Waals surface area contributed by atoms with Crippen LogP contribution in [-0.4, -0.2) is 44.7 Å². The zero-order chi connectivity index (χ0) is 15.4. The third-order valence-corrected chi connectivity index (χ3v) is 4.13. The molecule has 1 atom stereocenters. The van der Waals surface area contributed by atoms with Crippen LogP contribution in [0.25, 0.3) is 0 Å². The molecule has 0 radical (unpaired) electrons. The van der Waals surface area contributed by atoms with Crippen LogP contribution in [0.2, 0.25) is 0 Å². The summed E-state index contributed by atoms with van der Waals surface area (Å²) in [6, 6.07) is 8.58. The molecule has 5 heteroatoms. The maximum Gasteiger partial charge on any atom is 0.157 e. The predicted octanol–water partition coefficient (Wildman–Crippen LogP) is 2.31. The van der Waals surface area contributed by atoms with Gasteiger partial charge in [-0.1, -0.05) is 18.2 Å². The van der Waals surface area contributed by atoms with Gasteiger partial charge in [0.05, 0.1) is 12.6 Å². The third-order valence-electron chi connectivity index (χ3n) is 4.13. The minimum atomic E-state index is 0.175. The number of para-hydroxylation sites is 1. The molecule has 0 spiro atoms. The minimum Gasteiger partial charge on any atom is -0.466 e. The molecule has 0 aliphatic carbocycles. The van der Waals surface area contributed by atoms with Crippen LogP contribution < -0.4 is 4.90 Å². The Morgan fingerprint density at radius 1 is 1.23 bits per heavy atom. The molecule has 2 aliphatic heterocycles. The molecule has 0 amide bonds. The van der Waals surface area contributed by atoms with Crippen molar-refractivity contribution in [2.24, 2.45) is 0 Å². The van der Waals surface area contributed by atoms with E-state index in [0.717, 1.165) is 25.4 Å². The van der Waals surface area contributed by atoms with E-state index >= 15 is 0 Å². The smallest absolute Gasteiger partial charge is 0.157 e. The van der Waals surface area contributed by atoms with E-state index in [1.54, 1.807) is 19.6 Å². The van der Waals surface area contributed by atoms with E-state index in [1.807, 2.05) is 0 Å². The van der Waals surface area contributed by atoms with Crippen LogP contribution >= 0.6 is 0 Å². The summed E-state index contributed by atoms with van der Waals surface area (Å²) in [5, 5.41) is 0. The lowest BCUT2D eigenvalue weighted by atomic mass is 10.1. The van der Waals surface area contributed by atoms with Gasteiger partial charge in [0.25, 0.3) is 0 Å². The monoisotopic (exact) mass is 302 g/mol. The molecule has 1 fully saturated rings. The van der Waals surface area contributed by atoms with Crippen molar-refractivity contribution in [2.75, 3.05) is 38.7 Å². The number of methoxy groups -OCH3 is 1. The summed E-state index contributed by atoms with van der Waals surface area (Å²) >= 11 is 0. The van der Waals surface area contributed by atoms with Crippen molar-refractivity contribution in [1.82, 2.24) is 4.90 Å². The highest BCUT2D eigenvalue weighted by Crippen LogP contribution is 2.26. The molecule has 1 saturated heterocycles. The number of anilines is 1. The van der Waals surface area contributed by atoms with Gasteiger partial charge >= 0.3 is 0 Å². The van der Waals surface area contributed by atoms with Gasteiger partial charge in [0.1, 0.15) is 18.8 Å². The molecule has 3 rings (SSSR count). The maximum atomic E-state index is 5.61. The van der Waals surface area contributed by atoms with Gasteiger partial charge in [-0.3, -0.25) is 4.90 Å². The largest absolute Gasteiger partial charge is 0.466 e. The van der Waals surface area contributed by atoms with E-state index < -0.39 is 0 Å². The molecule has 5 nitrogen and oxygen atoms in total. The summed E-state index contributed by atoms with van der Waals surface area (Å²) in [6.07, 6.45) is 4.81. The van der Waals surface area contributed by atoms with Crippen molar-refractivity contribution >= 4 is 5.69 Å². The molecule has 0 aromatic heterocycles. The molecule has 2 aliphatic rings. The SMILES string of the molecule is COCc1ccccc1N1CCN(C)C(C2=COC=CO2)C1. The van der Waals surface area contributed by atoms with Crippen molar-refractivity contribution < 1.29 is 14.2 Å². The predicted molar refractivity (Wildman–Crippen MR) is 85.2 cm³/mol. The van der Waals surface area contributed by atoms with E-state index in [-0.39, 0.29) is 6.04 Å². The first-order valence-electron chi connectivity index (χ1n) is 7.49. The number of nitrogens with zero attached hydrogens (tertiary/aromatic N) is 2. The second-order valence-electron chi connectivity index (χ2n) is 5.55. The number of likely N-dealkylation sites (N-methyl/N-ethyl adjacent to an activating group) is 1. The van der Waals surface area contributed by atoms with Crippen LogP contribution in [0.5, 0.6) is 0 Å². The van der Waals surface area contributed by atoms with Gasteiger partial charge in [-0.2, -0.15) is 0 Å². The Bertz CT molecular complexity index is 571. The first kappa shape index (κ1) is 14.9. The van der Waals surface area contributed by atoms with Crippen LogP contribution in [0, 0.1) is 0 Å². The van der Waals surface area contributed by atoms with Gasteiger partial charge in [0, 0.05) is 38.0 Å². The van der Waals surface area contributed by atoms with E-state index in [9.17, 15) is 0 Å². The van der Waals surface area contributed by atoms with E-state index in [2.05, 4.69) is 41.1 Å². The lowest BCUT2D eigenvalue weighted by Gasteiger charge is -2.41. The molecular formula is C17H22N2O3. The molecule has 1 unspecified atom stereocenters. The molecule has 2 heterocycles. The Morgan fingerprint density at radius 3 is 2.86 bits per heavy atom. The van der Waals surface area contributed by atoms with Crippen molar-refractivity contribution in [3.63, 3.8) is 0 Å². The van der Waals surface area contributed by atoms with Crippen molar-refractivity contribution in [2.45, 2.75) is 12.6 Å². The second kappa shape index (κ2) is 6.85. The molecule has 1 aromatic rings. The first-order chi connectivity index (χ1) is 10.8. The lowest BCUT2D eigenvalue weighted by Crippen LogP contribution is -2.52. The summed E-state index contributed by atoms with van der Waals surface area (Å²) in [6.45, 7) is 3.44. The highest BCUT2D eigenvalue weighted by Gasteiger charge is 2.30. The van der Waals surface area contributed by atoms with Crippen LogP contribution in [0.3, 0.4) is 0 Å². The van der Waals surface area contributed by atoms with Crippen LogP contribution in [-0.2, 0) is 20.8 Å². The van der Waals surface area contributed by atoms with Gasteiger partial charge in [-0.05, 0) is 13.1 Å². The van der Waals surface area contributed by atoms with E-state index in [1.165, 1.54) is 17.5 Å². The number of benzene rings is 1. The first-order valence-corrected chi connectivity index (χ1v) is 7.49. The fourth-order valence-corrected chi connectivity index (χ4v) is 2.93. The van der Waals surface area contributed by atoms with Gasteiger partial charge < -0.3 is 19.1 Å². The molecular weight excluding hydrogens is 280 g/mol. The van der Waals surface area contributed by atoms with E-state index in [4.69, 9.17) is 14.2 Å². The van der Waals surface area contributed by atoms with E-state index in [0.29, 0.717) is 6.61 Å². The molecule has 22 heavy (non-hydrogen) atoms. The highest BCUT2D eigenvalue weighted by molar-refractivity contribution is 5.54. The van der Waals surface area contributed by atoms with Crippen LogP contribution in [0.4, 0.5) is 5.69 Å². The molecule has 118 valence electrons.